The minimum atomic E-state index is -0.366. The third-order valence-electron chi connectivity index (χ3n) is 4.79. The lowest BCUT2D eigenvalue weighted by atomic mass is 9.88. The molecule has 2 atom stereocenters. The molecule has 2 aliphatic heterocycles. The van der Waals surface area contributed by atoms with Crippen LogP contribution in [0.1, 0.15) is 37.9 Å². The van der Waals surface area contributed by atoms with Gasteiger partial charge in [0, 0.05) is 7.05 Å². The first-order valence-corrected chi connectivity index (χ1v) is 8.09. The minimum absolute atomic E-state index is 0.266. The molecular weight excluding hydrogens is 264 g/mol. The topological polar surface area (TPSA) is 44.7 Å². The lowest BCUT2D eigenvalue weighted by Gasteiger charge is -2.34. The summed E-state index contributed by atoms with van der Waals surface area (Å²) in [5.74, 6) is 1.30. The molecule has 1 aromatic rings. The van der Waals surface area contributed by atoms with Crippen molar-refractivity contribution in [2.24, 2.45) is 5.92 Å². The zero-order valence-electron chi connectivity index (χ0n) is 13.0. The summed E-state index contributed by atoms with van der Waals surface area (Å²) >= 11 is 0. The number of benzene rings is 1. The van der Waals surface area contributed by atoms with Crippen molar-refractivity contribution in [2.75, 3.05) is 31.6 Å². The molecule has 0 amide bonds. The molecule has 0 radical (unpaired) electrons. The van der Waals surface area contributed by atoms with E-state index in [1.54, 1.807) is 0 Å². The number of rotatable bonds is 3. The van der Waals surface area contributed by atoms with Crippen LogP contribution in [0.15, 0.2) is 18.2 Å². The van der Waals surface area contributed by atoms with Crippen molar-refractivity contribution in [2.45, 2.75) is 38.4 Å². The lowest BCUT2D eigenvalue weighted by Crippen LogP contribution is -2.37. The van der Waals surface area contributed by atoms with Crippen LogP contribution in [0.25, 0.3) is 0 Å². The van der Waals surface area contributed by atoms with Crippen molar-refractivity contribution in [3.63, 3.8) is 0 Å². The molecule has 4 heteroatoms. The molecule has 0 aromatic heterocycles. The molecule has 2 unspecified atom stereocenters. The van der Waals surface area contributed by atoms with E-state index in [0.717, 1.165) is 55.9 Å². The molecule has 2 aliphatic rings. The van der Waals surface area contributed by atoms with E-state index in [2.05, 4.69) is 30.3 Å². The van der Waals surface area contributed by atoms with Crippen molar-refractivity contribution < 1.29 is 9.84 Å². The second kappa shape index (κ2) is 6.24. The van der Waals surface area contributed by atoms with Gasteiger partial charge in [0.25, 0.3) is 0 Å². The third-order valence-corrected chi connectivity index (χ3v) is 4.79. The summed E-state index contributed by atoms with van der Waals surface area (Å²) in [7, 11) is 2.10. The zero-order chi connectivity index (χ0) is 14.8. The standard InChI is InChI=1S/C17H26N2O2/c1-3-14-11-19(2)15-10-13(4-5-16(15)21-14)17(20)12-6-8-18-9-7-12/h4-5,10,12,14,17-18,20H,3,6-9,11H2,1-2H3. The van der Waals surface area contributed by atoms with Gasteiger partial charge < -0.3 is 20.1 Å². The minimum Gasteiger partial charge on any atom is -0.486 e. The molecule has 2 heterocycles. The van der Waals surface area contributed by atoms with Gasteiger partial charge in [0.05, 0.1) is 18.3 Å². The Hall–Kier alpha value is -1.26. The highest BCUT2D eigenvalue weighted by Gasteiger charge is 2.26. The molecule has 0 saturated carbocycles. The van der Waals surface area contributed by atoms with E-state index in [1.807, 2.05) is 12.1 Å². The molecule has 3 rings (SSSR count). The summed E-state index contributed by atoms with van der Waals surface area (Å²) in [4.78, 5) is 2.24. The predicted octanol–water partition coefficient (Wildman–Crippen LogP) is 2.33. The largest absolute Gasteiger partial charge is 0.486 e. The number of aliphatic hydroxyl groups is 1. The highest BCUT2D eigenvalue weighted by molar-refractivity contribution is 5.61. The first kappa shape index (κ1) is 14.7. The van der Waals surface area contributed by atoms with E-state index in [9.17, 15) is 5.11 Å². The molecule has 21 heavy (non-hydrogen) atoms. The van der Waals surface area contributed by atoms with Gasteiger partial charge in [0.2, 0.25) is 0 Å². The van der Waals surface area contributed by atoms with Crippen LogP contribution < -0.4 is 15.0 Å². The van der Waals surface area contributed by atoms with Gasteiger partial charge in [-0.15, -0.1) is 0 Å². The number of piperidine rings is 1. The summed E-state index contributed by atoms with van der Waals surface area (Å²) in [5, 5.41) is 14.0. The Morgan fingerprint density at radius 1 is 1.38 bits per heavy atom. The number of hydrogen-bond acceptors (Lipinski definition) is 4. The molecule has 0 aliphatic carbocycles. The first-order valence-electron chi connectivity index (χ1n) is 8.09. The molecule has 1 saturated heterocycles. The normalized spacial score (nSPS) is 24.3. The van der Waals surface area contributed by atoms with Crippen LogP contribution in [0, 0.1) is 5.92 Å². The van der Waals surface area contributed by atoms with Crippen molar-refractivity contribution in [1.82, 2.24) is 5.32 Å². The van der Waals surface area contributed by atoms with Crippen LogP contribution in [0.2, 0.25) is 0 Å². The Bertz CT molecular complexity index is 486. The zero-order valence-corrected chi connectivity index (χ0v) is 13.0. The van der Waals surface area contributed by atoms with Gasteiger partial charge in [-0.1, -0.05) is 13.0 Å². The molecule has 4 nitrogen and oxygen atoms in total. The predicted molar refractivity (Wildman–Crippen MR) is 85.0 cm³/mol. The van der Waals surface area contributed by atoms with E-state index in [4.69, 9.17) is 4.74 Å². The number of fused-ring (bicyclic) bond motifs is 1. The van der Waals surface area contributed by atoms with E-state index >= 15 is 0 Å². The Kier molecular flexibility index (Phi) is 4.36. The van der Waals surface area contributed by atoms with Crippen LogP contribution in [-0.4, -0.2) is 37.9 Å². The second-order valence-corrected chi connectivity index (χ2v) is 6.29. The van der Waals surface area contributed by atoms with Crippen LogP contribution in [0.5, 0.6) is 5.75 Å². The van der Waals surface area contributed by atoms with Crippen molar-refractivity contribution in [1.29, 1.82) is 0 Å². The fraction of sp³-hybridized carbons (Fsp3) is 0.647. The number of ether oxygens (including phenoxy) is 1. The van der Waals surface area contributed by atoms with E-state index in [1.165, 1.54) is 0 Å². The third kappa shape index (κ3) is 3.01. The molecule has 1 aromatic carbocycles. The maximum atomic E-state index is 10.6. The van der Waals surface area contributed by atoms with Crippen molar-refractivity contribution >= 4 is 5.69 Å². The molecule has 1 fully saturated rings. The number of hydrogen-bond donors (Lipinski definition) is 2. The molecule has 0 spiro atoms. The molecular formula is C17H26N2O2. The quantitative estimate of drug-likeness (QED) is 0.897. The van der Waals surface area contributed by atoms with Gasteiger partial charge in [0.1, 0.15) is 11.9 Å². The monoisotopic (exact) mass is 290 g/mol. The highest BCUT2D eigenvalue weighted by Crippen LogP contribution is 2.37. The van der Waals surface area contributed by atoms with E-state index in [-0.39, 0.29) is 12.2 Å². The summed E-state index contributed by atoms with van der Waals surface area (Å²) in [6.07, 6.45) is 3.01. The van der Waals surface area contributed by atoms with Crippen LogP contribution in [0.3, 0.4) is 0 Å². The van der Waals surface area contributed by atoms with Gasteiger partial charge in [0.15, 0.2) is 0 Å². The average Bonchev–Trinajstić information content (AvgIpc) is 2.54. The number of anilines is 1. The highest BCUT2D eigenvalue weighted by atomic mass is 16.5. The second-order valence-electron chi connectivity index (χ2n) is 6.29. The van der Waals surface area contributed by atoms with Crippen LogP contribution in [0.4, 0.5) is 5.69 Å². The number of likely N-dealkylation sites (N-methyl/N-ethyl adjacent to an activating group) is 1. The van der Waals surface area contributed by atoms with Gasteiger partial charge >= 0.3 is 0 Å². The number of nitrogens with one attached hydrogen (secondary N) is 1. The Morgan fingerprint density at radius 3 is 2.86 bits per heavy atom. The SMILES string of the molecule is CCC1CN(C)c2cc(C(O)C3CCNCC3)ccc2O1. The molecule has 116 valence electrons. The summed E-state index contributed by atoms with van der Waals surface area (Å²) < 4.78 is 6.00. The molecule has 2 N–H and O–H groups in total. The summed E-state index contributed by atoms with van der Waals surface area (Å²) in [5.41, 5.74) is 2.12. The molecule has 0 bridgehead atoms. The van der Waals surface area contributed by atoms with Crippen molar-refractivity contribution in [3.8, 4) is 5.75 Å². The maximum absolute atomic E-state index is 10.6. The Morgan fingerprint density at radius 2 is 2.14 bits per heavy atom. The Labute approximate surface area is 127 Å². The van der Waals surface area contributed by atoms with Gasteiger partial charge in [-0.05, 0) is 56.0 Å². The number of nitrogens with zero attached hydrogens (tertiary/aromatic N) is 1. The maximum Gasteiger partial charge on any atom is 0.143 e. The van der Waals surface area contributed by atoms with Gasteiger partial charge in [-0.3, -0.25) is 0 Å². The fourth-order valence-electron chi connectivity index (χ4n) is 3.38. The van der Waals surface area contributed by atoms with Crippen molar-refractivity contribution in [3.05, 3.63) is 23.8 Å². The smallest absolute Gasteiger partial charge is 0.143 e. The summed E-state index contributed by atoms with van der Waals surface area (Å²) in [6.45, 7) is 5.08. The van der Waals surface area contributed by atoms with Crippen LogP contribution >= 0.6 is 0 Å². The van der Waals surface area contributed by atoms with E-state index in [0.29, 0.717) is 5.92 Å². The summed E-state index contributed by atoms with van der Waals surface area (Å²) in [6, 6.07) is 6.15. The van der Waals surface area contributed by atoms with Gasteiger partial charge in [-0.25, -0.2) is 0 Å². The number of aliphatic hydroxyl groups excluding tert-OH is 1. The van der Waals surface area contributed by atoms with E-state index < -0.39 is 0 Å². The first-order chi connectivity index (χ1) is 10.2. The lowest BCUT2D eigenvalue weighted by molar-refractivity contribution is 0.0888. The average molecular weight is 290 g/mol. The Balaban J connectivity index is 1.80. The van der Waals surface area contributed by atoms with Gasteiger partial charge in [-0.2, -0.15) is 0 Å². The fourth-order valence-corrected chi connectivity index (χ4v) is 3.38. The van der Waals surface area contributed by atoms with Crippen LogP contribution in [-0.2, 0) is 0 Å².